The van der Waals surface area contributed by atoms with Gasteiger partial charge in [-0.3, -0.25) is 14.3 Å². The number of nitrogens with zero attached hydrogens (tertiary/aromatic N) is 3. The molecule has 1 saturated heterocycles. The van der Waals surface area contributed by atoms with Crippen LogP contribution in [0.25, 0.3) is 16.1 Å². The van der Waals surface area contributed by atoms with Crippen molar-refractivity contribution in [1.82, 2.24) is 14.6 Å². The van der Waals surface area contributed by atoms with Crippen molar-refractivity contribution in [2.24, 2.45) is 5.92 Å². The molecule has 7 rings (SSSR count). The van der Waals surface area contributed by atoms with E-state index in [1.165, 1.54) is 24.1 Å². The minimum atomic E-state index is -4.01. The van der Waals surface area contributed by atoms with E-state index < -0.39 is 68.0 Å². The largest absolute Gasteiger partial charge is 1.00 e. The van der Waals surface area contributed by atoms with Gasteiger partial charge in [-0.05, 0) is 93.3 Å². The van der Waals surface area contributed by atoms with Crippen molar-refractivity contribution >= 4 is 55.8 Å². The minimum Gasteiger partial charge on any atom is -0.638 e. The van der Waals surface area contributed by atoms with E-state index in [9.17, 15) is 27.2 Å². The third-order valence-electron chi connectivity index (χ3n) is 10.8. The number of nitrogens with one attached hydrogen (secondary N) is 2. The number of carbonyl (C=O) groups is 3. The molecule has 2 saturated carbocycles. The number of ether oxygens (including phenoxy) is 2. The number of amides is 3. The third kappa shape index (κ3) is 8.23. The van der Waals surface area contributed by atoms with Gasteiger partial charge in [0.15, 0.2) is 0 Å². The zero-order valence-corrected chi connectivity index (χ0v) is 34.1. The van der Waals surface area contributed by atoms with Gasteiger partial charge in [-0.15, -0.1) is 0 Å². The van der Waals surface area contributed by atoms with E-state index in [0.717, 1.165) is 12.8 Å². The van der Waals surface area contributed by atoms with Crippen LogP contribution in [0.15, 0.2) is 60.8 Å². The zero-order chi connectivity index (χ0) is 37.5. The predicted octanol–water partition coefficient (Wildman–Crippen LogP) is 3.05. The average Bonchev–Trinajstić information content (AvgIpc) is 4.00. The Bertz CT molecular complexity index is 2090. The molecule has 4 aliphatic rings. The van der Waals surface area contributed by atoms with Gasteiger partial charge in [-0.25, -0.2) is 17.8 Å². The molecule has 0 bridgehead atoms. The summed E-state index contributed by atoms with van der Waals surface area (Å²) >= 11 is 6.39. The first-order valence-corrected chi connectivity index (χ1v) is 19.8. The number of halogens is 2. The molecule has 16 heteroatoms. The fraction of sp³-hybridized carbons (Fsp3) is 0.474. The zero-order valence-electron chi connectivity index (χ0n) is 30.5. The van der Waals surface area contributed by atoms with Gasteiger partial charge in [0.2, 0.25) is 27.7 Å². The number of allylic oxidation sites excluding steroid dienone is 1. The molecule has 12 nitrogen and oxygen atoms in total. The Morgan fingerprint density at radius 2 is 1.91 bits per heavy atom. The smallest absolute Gasteiger partial charge is 0.638 e. The first kappa shape index (κ1) is 40.2. The molecule has 0 radical (unpaired) electrons. The normalized spacial score (nSPS) is 27.1. The molecule has 54 heavy (non-hydrogen) atoms. The maximum absolute atomic E-state index is 14.5. The molecule has 2 aliphatic carbocycles. The molecule has 1 aromatic heterocycles. The number of pyridine rings is 1. The quantitative estimate of drug-likeness (QED) is 0.259. The van der Waals surface area contributed by atoms with Crippen LogP contribution in [0.2, 0.25) is 5.02 Å². The average molecular weight is 790 g/mol. The molecular weight excluding hydrogens is 748 g/mol. The maximum Gasteiger partial charge on any atom is 1.00 e. The number of aromatic nitrogens is 1. The molecule has 3 heterocycles. The van der Waals surface area contributed by atoms with E-state index in [-0.39, 0.29) is 54.8 Å². The molecule has 2 N–H and O–H groups in total. The van der Waals surface area contributed by atoms with E-state index in [0.29, 0.717) is 59.3 Å². The molecule has 3 aromatic rings. The number of benzene rings is 2. The van der Waals surface area contributed by atoms with Crippen LogP contribution in [-0.2, 0) is 24.4 Å². The third-order valence-corrected chi connectivity index (χ3v) is 13.2. The van der Waals surface area contributed by atoms with E-state index in [2.05, 4.69) is 20.3 Å². The Morgan fingerprint density at radius 1 is 1.11 bits per heavy atom. The number of anilines is 1. The summed E-state index contributed by atoms with van der Waals surface area (Å²) in [6.45, 7) is 1.56. The molecule has 5 atom stereocenters. The predicted molar refractivity (Wildman–Crippen MR) is 198 cm³/mol. The van der Waals surface area contributed by atoms with E-state index in [4.69, 9.17) is 21.1 Å². The van der Waals surface area contributed by atoms with Gasteiger partial charge in [0, 0.05) is 34.1 Å². The van der Waals surface area contributed by atoms with Crippen molar-refractivity contribution < 1.29 is 66.2 Å². The summed E-state index contributed by atoms with van der Waals surface area (Å²) in [7, 11) is -2.48. The maximum atomic E-state index is 14.5. The summed E-state index contributed by atoms with van der Waals surface area (Å²) in [4.78, 5) is 48.6. The number of methoxy groups -OCH3 is 1. The van der Waals surface area contributed by atoms with Gasteiger partial charge in [0.25, 0.3) is 0 Å². The number of hydrogen-bond donors (Lipinski definition) is 2. The number of carbonyl (C=O) groups excluding carboxylic acids is 3. The monoisotopic (exact) mass is 789 g/mol. The Morgan fingerprint density at radius 3 is 2.65 bits per heavy atom. The molecule has 282 valence electrons. The molecule has 2 aromatic carbocycles. The van der Waals surface area contributed by atoms with Crippen LogP contribution in [-0.4, -0.2) is 78.2 Å². The van der Waals surface area contributed by atoms with Crippen LogP contribution in [0.1, 0.15) is 64.7 Å². The Labute approximate surface area is 341 Å². The summed E-state index contributed by atoms with van der Waals surface area (Å²) in [6, 6.07) is 9.00. The van der Waals surface area contributed by atoms with Crippen LogP contribution in [0.4, 0.5) is 10.1 Å². The second kappa shape index (κ2) is 16.0. The van der Waals surface area contributed by atoms with Crippen LogP contribution in [0, 0.1) is 11.7 Å². The van der Waals surface area contributed by atoms with Gasteiger partial charge in [0.05, 0.1) is 30.4 Å². The van der Waals surface area contributed by atoms with Crippen molar-refractivity contribution in [3.8, 4) is 11.6 Å². The van der Waals surface area contributed by atoms with Gasteiger partial charge in [-0.1, -0.05) is 42.7 Å². The van der Waals surface area contributed by atoms with Crippen molar-refractivity contribution in [3.05, 3.63) is 77.0 Å². The molecule has 0 spiro atoms. The summed E-state index contributed by atoms with van der Waals surface area (Å²) in [5.74, 6) is -2.20. The van der Waals surface area contributed by atoms with Crippen LogP contribution >= 0.6 is 11.6 Å². The number of sulfonamides is 1. The molecular formula is C38H42ClFN5NaO7S. The van der Waals surface area contributed by atoms with Crippen molar-refractivity contribution in [3.63, 3.8) is 0 Å². The minimum absolute atomic E-state index is 0. The van der Waals surface area contributed by atoms with Crippen molar-refractivity contribution in [2.45, 2.75) is 93.2 Å². The standard InChI is InChI=1S/C38H43ClFN5O7S.Na/c1-37(14-15-37)53(49,50)44-36(48)38-21-23(38)9-6-4-3-5-7-12-30(42-26-11-8-10-25(40)19-26)35(47)45-22-27(20-31(45)33(46)43-38)52-34-29-17-24(39)18-32(51-2)28(29)13-16-41-34;/h6,8-11,13,16-19,23,27,30-31,42H,3-5,7,12,14-15,20-22H2,1-2H3,(H2,43,44,46,48);/q;+1/p-1/b9-6-;/t23-,27-,30+,31+,38-;/m1./s1. The van der Waals surface area contributed by atoms with Gasteiger partial charge in [0.1, 0.15) is 23.7 Å². The van der Waals surface area contributed by atoms with E-state index >= 15 is 0 Å². The summed E-state index contributed by atoms with van der Waals surface area (Å²) in [5.41, 5.74) is -1.22. The number of fused-ring (bicyclic) bond motifs is 3. The second-order valence-electron chi connectivity index (χ2n) is 14.6. The van der Waals surface area contributed by atoms with Gasteiger partial charge in [-0.2, -0.15) is 0 Å². The fourth-order valence-corrected chi connectivity index (χ4v) is 8.77. The molecule has 2 aliphatic heterocycles. The van der Waals surface area contributed by atoms with Crippen molar-refractivity contribution in [1.29, 1.82) is 0 Å². The second-order valence-corrected chi connectivity index (χ2v) is 17.3. The molecule has 3 amide bonds. The first-order valence-electron chi connectivity index (χ1n) is 17.9. The van der Waals surface area contributed by atoms with Crippen molar-refractivity contribution in [2.75, 3.05) is 19.0 Å². The molecule has 0 unspecified atom stereocenters. The summed E-state index contributed by atoms with van der Waals surface area (Å²) < 4.78 is 53.6. The topological polar surface area (TPSA) is 158 Å². The fourth-order valence-electron chi connectivity index (χ4n) is 7.25. The van der Waals surface area contributed by atoms with E-state index in [1.54, 1.807) is 43.5 Å². The SMILES string of the molecule is COc1cc(Cl)cc2c(O[C@@H]3C[C@H]4C(=O)[N-][C@]5(C(=O)NS(=O)(=O)C6(C)CC6)C[C@H]5/C=C\CCCCC[C@H](Nc5cccc(F)c5)C(=O)N4C3)nccc12.[Na+]. The number of hydrogen-bond acceptors (Lipinski definition) is 9. The van der Waals surface area contributed by atoms with Gasteiger partial charge < -0.3 is 29.8 Å². The van der Waals surface area contributed by atoms with Crippen LogP contribution in [0.3, 0.4) is 0 Å². The van der Waals surface area contributed by atoms with E-state index in [1.807, 2.05) is 12.2 Å². The number of rotatable bonds is 8. The summed E-state index contributed by atoms with van der Waals surface area (Å²) in [6.07, 6.45) is 9.03. The molecule has 3 fully saturated rings. The Kier molecular flexibility index (Phi) is 11.9. The summed E-state index contributed by atoms with van der Waals surface area (Å²) in [5, 5.41) is 9.33. The van der Waals surface area contributed by atoms with Gasteiger partial charge >= 0.3 is 29.6 Å². The Balaban J connectivity index is 0.00000497. The van der Waals surface area contributed by atoms with Crippen LogP contribution in [0.5, 0.6) is 11.6 Å². The Hall–Kier alpha value is -3.43. The first-order chi connectivity index (χ1) is 25.3. The van der Waals surface area contributed by atoms with Crippen LogP contribution < -0.4 is 49.1 Å².